The molecule has 0 spiro atoms. The zero-order chi connectivity index (χ0) is 23.1. The standard InChI is InChI=1S/C15H14O2.C11H10N2O2/c16-15(17)14-8-4-7-13(11-14)10-9-12-5-2-1-3-6-12;1-7(14)13-6-9(11(12)15)8-4-2-3-5-10(8)13/h1-8,11H,9-10H2,(H,16,17);2-6H,1H3,(H2,12,15). The Morgan fingerprint density at radius 1 is 0.844 bits per heavy atom. The van der Waals surface area contributed by atoms with Crippen LogP contribution in [0.15, 0.2) is 85.1 Å². The van der Waals surface area contributed by atoms with Crippen LogP contribution >= 0.6 is 0 Å². The first-order valence-corrected chi connectivity index (χ1v) is 10.1. The fourth-order valence-corrected chi connectivity index (χ4v) is 3.43. The number of aromatic carboxylic acids is 1. The van der Waals surface area contributed by atoms with Crippen molar-refractivity contribution in [2.24, 2.45) is 5.73 Å². The topological polar surface area (TPSA) is 102 Å². The summed E-state index contributed by atoms with van der Waals surface area (Å²) in [4.78, 5) is 33.3. The summed E-state index contributed by atoms with van der Waals surface area (Å²) in [5.74, 6) is -1.53. The third-order valence-electron chi connectivity index (χ3n) is 5.04. The maximum atomic E-state index is 11.3. The lowest BCUT2D eigenvalue weighted by Gasteiger charge is -2.03. The van der Waals surface area contributed by atoms with Gasteiger partial charge in [-0.15, -0.1) is 0 Å². The first-order chi connectivity index (χ1) is 15.4. The minimum atomic E-state index is -0.869. The minimum Gasteiger partial charge on any atom is -0.478 e. The minimum absolute atomic E-state index is 0.140. The number of aromatic nitrogens is 1. The molecule has 6 heteroatoms. The van der Waals surface area contributed by atoms with Crippen molar-refractivity contribution >= 4 is 28.7 Å². The number of rotatable bonds is 5. The molecule has 0 unspecified atom stereocenters. The van der Waals surface area contributed by atoms with Crippen LogP contribution < -0.4 is 5.73 Å². The van der Waals surface area contributed by atoms with Crippen LogP contribution in [0.2, 0.25) is 0 Å². The highest BCUT2D eigenvalue weighted by Gasteiger charge is 2.13. The van der Waals surface area contributed by atoms with Crippen LogP contribution in [0.3, 0.4) is 0 Å². The van der Waals surface area contributed by atoms with Gasteiger partial charge >= 0.3 is 5.97 Å². The number of amides is 1. The molecule has 0 fully saturated rings. The van der Waals surface area contributed by atoms with Gasteiger partial charge in [0, 0.05) is 18.5 Å². The number of hydrogen-bond acceptors (Lipinski definition) is 3. The Labute approximate surface area is 185 Å². The molecule has 0 aliphatic carbocycles. The number of fused-ring (bicyclic) bond motifs is 1. The Morgan fingerprint density at radius 2 is 1.47 bits per heavy atom. The first-order valence-electron chi connectivity index (χ1n) is 10.1. The van der Waals surface area contributed by atoms with Crippen LogP contribution in [-0.2, 0) is 12.8 Å². The van der Waals surface area contributed by atoms with Crippen LogP contribution in [0.4, 0.5) is 0 Å². The summed E-state index contributed by atoms with van der Waals surface area (Å²) in [7, 11) is 0. The highest BCUT2D eigenvalue weighted by atomic mass is 16.4. The predicted molar refractivity (Wildman–Crippen MR) is 124 cm³/mol. The van der Waals surface area contributed by atoms with Gasteiger partial charge in [0.2, 0.25) is 5.91 Å². The lowest BCUT2D eigenvalue weighted by atomic mass is 10.0. The van der Waals surface area contributed by atoms with E-state index in [2.05, 4.69) is 12.1 Å². The Morgan fingerprint density at radius 3 is 2.12 bits per heavy atom. The van der Waals surface area contributed by atoms with Gasteiger partial charge in [-0.2, -0.15) is 0 Å². The number of nitrogens with two attached hydrogens (primary N) is 1. The van der Waals surface area contributed by atoms with Gasteiger partial charge in [-0.25, -0.2) is 4.79 Å². The third kappa shape index (κ3) is 5.49. The van der Waals surface area contributed by atoms with Gasteiger partial charge in [-0.1, -0.05) is 60.7 Å². The largest absolute Gasteiger partial charge is 0.478 e. The molecule has 6 nitrogen and oxygen atoms in total. The van der Waals surface area contributed by atoms with Crippen molar-refractivity contribution < 1.29 is 19.5 Å². The van der Waals surface area contributed by atoms with Crippen LogP contribution in [-0.4, -0.2) is 27.5 Å². The van der Waals surface area contributed by atoms with E-state index in [-0.39, 0.29) is 5.91 Å². The predicted octanol–water partition coefficient (Wildman–Crippen LogP) is 4.57. The molecule has 4 rings (SSSR count). The lowest BCUT2D eigenvalue weighted by Crippen LogP contribution is -2.10. The molecule has 0 aliphatic heterocycles. The van der Waals surface area contributed by atoms with E-state index in [4.69, 9.17) is 10.8 Å². The average Bonchev–Trinajstić information content (AvgIpc) is 3.19. The highest BCUT2D eigenvalue weighted by molar-refractivity contribution is 6.08. The summed E-state index contributed by atoms with van der Waals surface area (Å²) in [6, 6.07) is 24.5. The van der Waals surface area contributed by atoms with Crippen molar-refractivity contribution in [1.29, 1.82) is 0 Å². The van der Waals surface area contributed by atoms with Gasteiger partial charge in [-0.3, -0.25) is 14.2 Å². The number of carboxylic acid groups (broad SMARTS) is 1. The van der Waals surface area contributed by atoms with Crippen LogP contribution in [0.5, 0.6) is 0 Å². The fourth-order valence-electron chi connectivity index (χ4n) is 3.43. The number of benzene rings is 3. The quantitative estimate of drug-likeness (QED) is 0.486. The molecule has 0 saturated heterocycles. The van der Waals surface area contributed by atoms with Crippen molar-refractivity contribution in [1.82, 2.24) is 4.57 Å². The van der Waals surface area contributed by atoms with E-state index in [9.17, 15) is 14.4 Å². The fraction of sp³-hybridized carbons (Fsp3) is 0.115. The Hall–Kier alpha value is -4.19. The van der Waals surface area contributed by atoms with E-state index in [1.165, 1.54) is 23.3 Å². The maximum absolute atomic E-state index is 11.3. The molecule has 0 saturated carbocycles. The molecule has 3 N–H and O–H groups in total. The average molecular weight is 428 g/mol. The van der Waals surface area contributed by atoms with Gasteiger partial charge in [-0.05, 0) is 42.2 Å². The summed E-state index contributed by atoms with van der Waals surface area (Å²) in [5, 5.41) is 9.60. The molecule has 3 aromatic carbocycles. The molecule has 32 heavy (non-hydrogen) atoms. The zero-order valence-corrected chi connectivity index (χ0v) is 17.7. The molecule has 0 atom stereocenters. The first kappa shape index (κ1) is 22.5. The number of hydrogen-bond donors (Lipinski definition) is 2. The lowest BCUT2D eigenvalue weighted by molar-refractivity contribution is 0.0696. The number of nitrogens with zero attached hydrogens (tertiary/aromatic N) is 1. The molecule has 0 radical (unpaired) electrons. The molecule has 1 amide bonds. The third-order valence-corrected chi connectivity index (χ3v) is 5.04. The van der Waals surface area contributed by atoms with Crippen LogP contribution in [0, 0.1) is 0 Å². The van der Waals surface area contributed by atoms with Gasteiger partial charge < -0.3 is 10.8 Å². The summed E-state index contributed by atoms with van der Waals surface area (Å²) < 4.78 is 1.43. The van der Waals surface area contributed by atoms with Crippen molar-refractivity contribution in [2.45, 2.75) is 19.8 Å². The van der Waals surface area contributed by atoms with Gasteiger partial charge in [0.05, 0.1) is 16.6 Å². The van der Waals surface area contributed by atoms with E-state index < -0.39 is 11.9 Å². The van der Waals surface area contributed by atoms with E-state index in [1.54, 1.807) is 36.4 Å². The zero-order valence-electron chi connectivity index (χ0n) is 17.7. The molecule has 1 aromatic heterocycles. The number of carbonyl (C=O) groups excluding carboxylic acids is 2. The van der Waals surface area contributed by atoms with Crippen LogP contribution in [0.25, 0.3) is 10.9 Å². The summed E-state index contributed by atoms with van der Waals surface area (Å²) >= 11 is 0. The van der Waals surface area contributed by atoms with E-state index in [0.29, 0.717) is 22.0 Å². The van der Waals surface area contributed by atoms with Gasteiger partial charge in [0.25, 0.3) is 5.91 Å². The summed E-state index contributed by atoms with van der Waals surface area (Å²) in [6.07, 6.45) is 3.28. The van der Waals surface area contributed by atoms with E-state index >= 15 is 0 Å². The number of para-hydroxylation sites is 1. The second-order valence-electron chi connectivity index (χ2n) is 7.30. The summed E-state index contributed by atoms with van der Waals surface area (Å²) in [6.45, 7) is 1.44. The van der Waals surface area contributed by atoms with Crippen LogP contribution in [0.1, 0.15) is 43.6 Å². The van der Waals surface area contributed by atoms with E-state index in [0.717, 1.165) is 18.4 Å². The van der Waals surface area contributed by atoms with Gasteiger partial charge in [0.15, 0.2) is 0 Å². The number of carbonyl (C=O) groups is 3. The molecular formula is C26H24N2O4. The molecule has 0 aliphatic rings. The van der Waals surface area contributed by atoms with E-state index in [1.807, 2.05) is 30.3 Å². The molecule has 1 heterocycles. The maximum Gasteiger partial charge on any atom is 0.335 e. The second kappa shape index (κ2) is 10.2. The number of carboxylic acids is 1. The number of aryl methyl sites for hydroxylation is 2. The van der Waals surface area contributed by atoms with Crippen molar-refractivity contribution in [3.63, 3.8) is 0 Å². The van der Waals surface area contributed by atoms with Gasteiger partial charge in [0.1, 0.15) is 0 Å². The monoisotopic (exact) mass is 428 g/mol. The number of primary amides is 1. The molecule has 4 aromatic rings. The van der Waals surface area contributed by atoms with Crippen molar-refractivity contribution in [3.8, 4) is 0 Å². The normalized spacial score (nSPS) is 10.3. The second-order valence-corrected chi connectivity index (χ2v) is 7.30. The Bertz CT molecular complexity index is 1210. The molecule has 162 valence electrons. The van der Waals surface area contributed by atoms with Crippen molar-refractivity contribution in [3.05, 3.63) is 107 Å². The Kier molecular flexibility index (Phi) is 7.18. The Balaban J connectivity index is 0.000000182. The molecular weight excluding hydrogens is 404 g/mol. The van der Waals surface area contributed by atoms with Crippen molar-refractivity contribution in [2.75, 3.05) is 0 Å². The molecule has 0 bridgehead atoms. The highest BCUT2D eigenvalue weighted by Crippen LogP contribution is 2.20. The smallest absolute Gasteiger partial charge is 0.335 e. The summed E-state index contributed by atoms with van der Waals surface area (Å²) in [5.41, 5.74) is 9.00. The SMILES string of the molecule is CC(=O)n1cc(C(N)=O)c2ccccc21.O=C(O)c1cccc(CCc2ccccc2)c1.